The van der Waals surface area contributed by atoms with Crippen LogP contribution in [0.15, 0.2) is 55.1 Å². The van der Waals surface area contributed by atoms with E-state index >= 15 is 0 Å². The summed E-state index contributed by atoms with van der Waals surface area (Å²) in [6.45, 7) is 6.15. The molecule has 0 saturated carbocycles. The van der Waals surface area contributed by atoms with Gasteiger partial charge in [-0.3, -0.25) is 4.84 Å². The normalized spacial score (nSPS) is 13.5. The van der Waals surface area contributed by atoms with Gasteiger partial charge in [-0.25, -0.2) is 15.7 Å². The molecule has 2 rings (SSSR count). The van der Waals surface area contributed by atoms with Crippen molar-refractivity contribution < 1.29 is 14.4 Å². The van der Waals surface area contributed by atoms with Gasteiger partial charge in [0.2, 0.25) is 0 Å². The van der Waals surface area contributed by atoms with Gasteiger partial charge in [-0.2, -0.15) is 0 Å². The van der Waals surface area contributed by atoms with Gasteiger partial charge in [0.1, 0.15) is 5.60 Å². The summed E-state index contributed by atoms with van der Waals surface area (Å²) in [7, 11) is 0. The summed E-state index contributed by atoms with van der Waals surface area (Å²) < 4.78 is 7.34. The maximum absolute atomic E-state index is 12.1. The predicted octanol–water partition coefficient (Wildman–Crippen LogP) is 3.35. The molecule has 1 atom stereocenters. The Kier molecular flexibility index (Phi) is 7.12. The molecule has 0 fully saturated rings. The van der Waals surface area contributed by atoms with Crippen molar-refractivity contribution in [1.82, 2.24) is 9.55 Å². The largest absolute Gasteiger partial charge is 0.458 e. The number of imidazole rings is 1. The van der Waals surface area contributed by atoms with Gasteiger partial charge in [0.25, 0.3) is 0 Å². The maximum atomic E-state index is 12.1. The van der Waals surface area contributed by atoms with E-state index in [1.165, 1.54) is 0 Å². The monoisotopic (exact) mass is 357 g/mol. The van der Waals surface area contributed by atoms with Crippen LogP contribution in [-0.4, -0.2) is 27.2 Å². The Morgan fingerprint density at radius 1 is 1.31 bits per heavy atom. The number of esters is 1. The van der Waals surface area contributed by atoms with Gasteiger partial charge in [0.15, 0.2) is 6.10 Å². The van der Waals surface area contributed by atoms with E-state index in [-0.39, 0.29) is 0 Å². The molecule has 2 N–H and O–H groups in total. The second kappa shape index (κ2) is 9.31. The van der Waals surface area contributed by atoms with Crippen molar-refractivity contribution in [3.8, 4) is 0 Å². The first-order valence-corrected chi connectivity index (χ1v) is 8.67. The molecule has 2 aromatic rings. The molecule has 26 heavy (non-hydrogen) atoms. The maximum Gasteiger partial charge on any atom is 0.337 e. The third-order valence-corrected chi connectivity index (χ3v) is 3.71. The van der Waals surface area contributed by atoms with Gasteiger partial charge in [0, 0.05) is 18.9 Å². The highest BCUT2D eigenvalue weighted by atomic mass is 16.7. The molecule has 0 spiro atoms. The van der Waals surface area contributed by atoms with Crippen LogP contribution in [0.2, 0.25) is 0 Å². The summed E-state index contributed by atoms with van der Waals surface area (Å²) in [6.07, 6.45) is 7.86. The first-order valence-electron chi connectivity index (χ1n) is 8.67. The molecule has 0 aliphatic carbocycles. The Balaban J connectivity index is 2.05. The van der Waals surface area contributed by atoms with Crippen LogP contribution < -0.4 is 5.90 Å². The van der Waals surface area contributed by atoms with Crippen LogP contribution in [0.4, 0.5) is 0 Å². The van der Waals surface area contributed by atoms with Crippen LogP contribution in [0.5, 0.6) is 0 Å². The summed E-state index contributed by atoms with van der Waals surface area (Å²) in [5, 5.41) is 0. The number of hydrogen-bond acceptors (Lipinski definition) is 5. The summed E-state index contributed by atoms with van der Waals surface area (Å²) >= 11 is 0. The molecule has 140 valence electrons. The smallest absolute Gasteiger partial charge is 0.337 e. The summed E-state index contributed by atoms with van der Waals surface area (Å²) in [5.41, 5.74) is 1.70. The van der Waals surface area contributed by atoms with Crippen LogP contribution in [-0.2, 0) is 20.9 Å². The van der Waals surface area contributed by atoms with Gasteiger partial charge in [-0.15, -0.1) is 0 Å². The topological polar surface area (TPSA) is 79.4 Å². The number of nitrogens with zero attached hydrogens (tertiary/aromatic N) is 2. The molecule has 0 amide bonds. The van der Waals surface area contributed by atoms with Crippen LogP contribution in [0.1, 0.15) is 39.2 Å². The Bertz CT molecular complexity index is 704. The van der Waals surface area contributed by atoms with Crippen LogP contribution in [0.25, 0.3) is 5.57 Å². The Labute approximate surface area is 154 Å². The van der Waals surface area contributed by atoms with Crippen molar-refractivity contribution in [3.63, 3.8) is 0 Å². The second-order valence-electron chi connectivity index (χ2n) is 7.07. The molecular formula is C20H27N3O3. The van der Waals surface area contributed by atoms with E-state index < -0.39 is 17.7 Å². The average Bonchev–Trinajstić information content (AvgIpc) is 3.10. The predicted molar refractivity (Wildman–Crippen MR) is 101 cm³/mol. The van der Waals surface area contributed by atoms with Crippen molar-refractivity contribution >= 4 is 11.5 Å². The highest BCUT2D eigenvalue weighted by Crippen LogP contribution is 2.19. The highest BCUT2D eigenvalue weighted by Gasteiger charge is 2.25. The van der Waals surface area contributed by atoms with E-state index in [1.54, 1.807) is 12.5 Å². The Morgan fingerprint density at radius 3 is 2.62 bits per heavy atom. The molecule has 0 aliphatic rings. The number of rotatable bonds is 8. The number of allylic oxidation sites excluding steroid dienone is 2. The Morgan fingerprint density at radius 2 is 2.04 bits per heavy atom. The van der Waals surface area contributed by atoms with Crippen molar-refractivity contribution in [1.29, 1.82) is 0 Å². The fourth-order valence-electron chi connectivity index (χ4n) is 2.52. The van der Waals surface area contributed by atoms with Gasteiger partial charge < -0.3 is 9.30 Å². The van der Waals surface area contributed by atoms with Crippen molar-refractivity contribution in [2.24, 2.45) is 5.90 Å². The number of ether oxygens (including phenoxy) is 1. The lowest BCUT2D eigenvalue weighted by atomic mass is 10.0. The average molecular weight is 357 g/mol. The van der Waals surface area contributed by atoms with Gasteiger partial charge in [-0.1, -0.05) is 36.4 Å². The second-order valence-corrected chi connectivity index (χ2v) is 7.07. The zero-order valence-corrected chi connectivity index (χ0v) is 15.6. The molecule has 0 saturated heterocycles. The summed E-state index contributed by atoms with van der Waals surface area (Å²) in [5.74, 6) is 4.86. The summed E-state index contributed by atoms with van der Waals surface area (Å²) in [6, 6.07) is 10.1. The number of benzene rings is 1. The van der Waals surface area contributed by atoms with E-state index in [1.807, 2.05) is 49.7 Å². The molecule has 6 heteroatoms. The lowest BCUT2D eigenvalue weighted by Crippen LogP contribution is -2.35. The zero-order chi connectivity index (χ0) is 19.0. The highest BCUT2D eigenvalue weighted by molar-refractivity contribution is 5.75. The fourth-order valence-corrected chi connectivity index (χ4v) is 2.52. The quantitative estimate of drug-likeness (QED) is 0.579. The minimum absolute atomic E-state index is 0.440. The standard InChI is InChI=1S/C20H27N3O3/c1-20(2,3)25-19(24)18(26-21)11-7-10-17(14-23-13-12-22-15-23)16-8-5-4-6-9-16/h4-6,8-10,12-13,15,18H,7,11,14,21H2,1-3H3. The van der Waals surface area contributed by atoms with Gasteiger partial charge in [0.05, 0.1) is 6.33 Å². The molecule has 0 aliphatic heterocycles. The van der Waals surface area contributed by atoms with E-state index in [0.717, 1.165) is 11.1 Å². The summed E-state index contributed by atoms with van der Waals surface area (Å²) in [4.78, 5) is 21.0. The van der Waals surface area contributed by atoms with Crippen molar-refractivity contribution in [2.75, 3.05) is 0 Å². The molecular weight excluding hydrogens is 330 g/mol. The minimum atomic E-state index is -0.782. The van der Waals surface area contributed by atoms with Crippen LogP contribution in [0.3, 0.4) is 0 Å². The number of aromatic nitrogens is 2. The Hall–Kier alpha value is -2.44. The first kappa shape index (κ1) is 19.9. The fraction of sp³-hybridized carbons (Fsp3) is 0.400. The minimum Gasteiger partial charge on any atom is -0.458 e. The van der Waals surface area contributed by atoms with E-state index in [9.17, 15) is 4.79 Å². The molecule has 6 nitrogen and oxygen atoms in total. The molecule has 1 heterocycles. The lowest BCUT2D eigenvalue weighted by Gasteiger charge is -2.22. The van der Waals surface area contributed by atoms with Gasteiger partial charge in [-0.05, 0) is 44.7 Å². The van der Waals surface area contributed by atoms with Gasteiger partial charge >= 0.3 is 5.97 Å². The molecule has 1 unspecified atom stereocenters. The van der Waals surface area contributed by atoms with E-state index in [4.69, 9.17) is 15.5 Å². The molecule has 1 aromatic heterocycles. The molecule has 1 aromatic carbocycles. The SMILES string of the molecule is CC(C)(C)OC(=O)C(CCC=C(Cn1ccnc1)c1ccccc1)ON. The van der Waals surface area contributed by atoms with Crippen LogP contribution >= 0.6 is 0 Å². The number of carbonyl (C=O) groups excluding carboxylic acids is 1. The van der Waals surface area contributed by atoms with E-state index in [0.29, 0.717) is 19.4 Å². The third kappa shape index (κ3) is 6.46. The number of nitrogens with two attached hydrogens (primary N) is 1. The number of hydrogen-bond donors (Lipinski definition) is 1. The van der Waals surface area contributed by atoms with Crippen molar-refractivity contribution in [3.05, 3.63) is 60.7 Å². The first-order chi connectivity index (χ1) is 12.4. The molecule has 0 bridgehead atoms. The number of carbonyl (C=O) groups is 1. The zero-order valence-electron chi connectivity index (χ0n) is 15.6. The lowest BCUT2D eigenvalue weighted by molar-refractivity contribution is -0.169. The van der Waals surface area contributed by atoms with Crippen molar-refractivity contribution in [2.45, 2.75) is 51.9 Å². The molecule has 0 radical (unpaired) electrons. The van der Waals surface area contributed by atoms with Crippen LogP contribution in [0, 0.1) is 0 Å². The third-order valence-electron chi connectivity index (χ3n) is 3.71. The van der Waals surface area contributed by atoms with E-state index in [2.05, 4.69) is 23.2 Å².